The summed E-state index contributed by atoms with van der Waals surface area (Å²) in [6, 6.07) is -0.596. The molecule has 1 aliphatic rings. The minimum absolute atomic E-state index is 0.107. The van der Waals surface area contributed by atoms with Gasteiger partial charge >= 0.3 is 5.97 Å². The van der Waals surface area contributed by atoms with Crippen LogP contribution in [0, 0.1) is 0 Å². The van der Waals surface area contributed by atoms with E-state index in [1.807, 2.05) is 30.4 Å². The van der Waals surface area contributed by atoms with Crippen molar-refractivity contribution in [2.24, 2.45) is 5.73 Å². The molecule has 1 unspecified atom stereocenters. The number of rotatable bonds is 8. The number of hydrogen-bond acceptors (Lipinski definition) is 4. The smallest absolute Gasteiger partial charge is 0.323 e. The molecule has 0 saturated carbocycles. The Hall–Kier alpha value is -2.14. The minimum atomic E-state index is -0.596. The topological polar surface area (TPSA) is 81.4 Å². The zero-order valence-corrected chi connectivity index (χ0v) is 13.8. The van der Waals surface area contributed by atoms with E-state index in [9.17, 15) is 9.59 Å². The highest BCUT2D eigenvalue weighted by Crippen LogP contribution is 2.04. The molecule has 0 fully saturated rings. The van der Waals surface area contributed by atoms with E-state index in [0.29, 0.717) is 18.5 Å². The Morgan fingerprint density at radius 2 is 1.83 bits per heavy atom. The maximum atomic E-state index is 12.0. The van der Waals surface area contributed by atoms with Crippen molar-refractivity contribution in [2.75, 3.05) is 6.54 Å². The van der Waals surface area contributed by atoms with Crippen LogP contribution in [0.5, 0.6) is 0 Å². The number of allylic oxidation sites excluding steroid dienone is 6. The molecule has 0 bridgehead atoms. The number of hydrogen-bond donors (Lipinski definition) is 2. The van der Waals surface area contributed by atoms with Gasteiger partial charge in [0.15, 0.2) is 0 Å². The van der Waals surface area contributed by atoms with E-state index >= 15 is 0 Å². The van der Waals surface area contributed by atoms with Crippen LogP contribution < -0.4 is 11.1 Å². The average Bonchev–Trinajstić information content (AvgIpc) is 2.45. The zero-order chi connectivity index (χ0) is 17.1. The third-order valence-electron chi connectivity index (χ3n) is 3.14. The quantitative estimate of drug-likeness (QED) is 0.531. The fourth-order valence-corrected chi connectivity index (χ4v) is 1.95. The van der Waals surface area contributed by atoms with Crippen LogP contribution >= 0.6 is 0 Å². The summed E-state index contributed by atoms with van der Waals surface area (Å²) in [5.41, 5.74) is 6.38. The molecule has 1 rings (SSSR count). The molecule has 0 aromatic carbocycles. The second kappa shape index (κ2) is 10.6. The summed E-state index contributed by atoms with van der Waals surface area (Å²) in [5.74, 6) is -0.474. The molecule has 5 nitrogen and oxygen atoms in total. The molecule has 126 valence electrons. The number of nitrogens with one attached hydrogen (secondary N) is 1. The molecule has 1 aliphatic carbocycles. The van der Waals surface area contributed by atoms with Gasteiger partial charge in [-0.1, -0.05) is 30.4 Å². The summed E-state index contributed by atoms with van der Waals surface area (Å²) >= 11 is 0. The van der Waals surface area contributed by atoms with Crippen molar-refractivity contribution in [3.63, 3.8) is 0 Å². The third-order valence-corrected chi connectivity index (χ3v) is 3.14. The van der Waals surface area contributed by atoms with Gasteiger partial charge in [0.25, 0.3) is 5.91 Å². The van der Waals surface area contributed by atoms with Crippen LogP contribution in [-0.4, -0.2) is 30.6 Å². The van der Waals surface area contributed by atoms with E-state index in [-0.39, 0.29) is 18.0 Å². The lowest BCUT2D eigenvalue weighted by atomic mass is 10.1. The normalized spacial score (nSPS) is 21.3. The molecule has 5 heteroatoms. The molecule has 3 N–H and O–H groups in total. The molecule has 0 aromatic rings. The molecular formula is C18H26N2O3. The Morgan fingerprint density at radius 3 is 2.57 bits per heavy atom. The molecular weight excluding hydrogens is 292 g/mol. The Bertz CT molecular complexity index is 516. The molecule has 0 aromatic heterocycles. The van der Waals surface area contributed by atoms with E-state index in [1.165, 1.54) is 0 Å². The summed E-state index contributed by atoms with van der Waals surface area (Å²) in [6.45, 7) is 4.14. The molecule has 1 amide bonds. The first-order valence-corrected chi connectivity index (χ1v) is 7.96. The van der Waals surface area contributed by atoms with Crippen LogP contribution in [0.4, 0.5) is 0 Å². The monoisotopic (exact) mass is 318 g/mol. The second-order valence-corrected chi connectivity index (χ2v) is 5.59. The van der Waals surface area contributed by atoms with Gasteiger partial charge < -0.3 is 15.8 Å². The van der Waals surface area contributed by atoms with Crippen LogP contribution in [0.25, 0.3) is 0 Å². The first kappa shape index (κ1) is 18.9. The number of carbonyl (C=O) groups is 2. The van der Waals surface area contributed by atoms with E-state index in [0.717, 1.165) is 12.8 Å². The third kappa shape index (κ3) is 8.16. The van der Waals surface area contributed by atoms with E-state index in [2.05, 4.69) is 5.32 Å². The molecule has 1 atom stereocenters. The van der Waals surface area contributed by atoms with Gasteiger partial charge in [-0.25, -0.2) is 0 Å². The summed E-state index contributed by atoms with van der Waals surface area (Å²) in [4.78, 5) is 23.6. The number of nitrogens with two attached hydrogens (primary N) is 1. The van der Waals surface area contributed by atoms with Crippen LogP contribution in [0.1, 0.15) is 33.1 Å². The Morgan fingerprint density at radius 1 is 1.13 bits per heavy atom. The van der Waals surface area contributed by atoms with Crippen LogP contribution in [0.3, 0.4) is 0 Å². The highest BCUT2D eigenvalue weighted by molar-refractivity contribution is 5.96. The van der Waals surface area contributed by atoms with Crippen LogP contribution in [-0.2, 0) is 14.3 Å². The largest absolute Gasteiger partial charge is 0.462 e. The van der Waals surface area contributed by atoms with Crippen molar-refractivity contribution in [1.29, 1.82) is 0 Å². The summed E-state index contributed by atoms with van der Waals surface area (Å²) < 4.78 is 5.05. The highest BCUT2D eigenvalue weighted by Gasteiger charge is 2.15. The SMILES string of the molecule is CC(C)OC(=O)C(N)CCCCNC(=O)C1=C/C=C\C=C/C=C\1. The molecule has 0 saturated heterocycles. The van der Waals surface area contributed by atoms with Gasteiger partial charge in [-0.2, -0.15) is 0 Å². The number of esters is 1. The maximum Gasteiger partial charge on any atom is 0.323 e. The first-order valence-electron chi connectivity index (χ1n) is 7.96. The second-order valence-electron chi connectivity index (χ2n) is 5.59. The molecule has 0 heterocycles. The first-order chi connectivity index (χ1) is 11.0. The van der Waals surface area contributed by atoms with Gasteiger partial charge in [0.2, 0.25) is 0 Å². The zero-order valence-electron chi connectivity index (χ0n) is 13.8. The Labute approximate surface area is 138 Å². The van der Waals surface area contributed by atoms with E-state index in [4.69, 9.17) is 10.5 Å². The van der Waals surface area contributed by atoms with Gasteiger partial charge in [-0.3, -0.25) is 9.59 Å². The van der Waals surface area contributed by atoms with Gasteiger partial charge in [-0.15, -0.1) is 0 Å². The number of unbranched alkanes of at least 4 members (excludes halogenated alkanes) is 1. The van der Waals surface area contributed by atoms with Gasteiger partial charge in [0.1, 0.15) is 6.04 Å². The highest BCUT2D eigenvalue weighted by atomic mass is 16.5. The van der Waals surface area contributed by atoms with Crippen molar-refractivity contribution >= 4 is 11.9 Å². The van der Waals surface area contributed by atoms with E-state index in [1.54, 1.807) is 26.0 Å². The fraction of sp³-hybridized carbons (Fsp3) is 0.444. The maximum absolute atomic E-state index is 12.0. The predicted octanol–water partition coefficient (Wildman–Crippen LogP) is 2.16. The average molecular weight is 318 g/mol. The minimum Gasteiger partial charge on any atom is -0.462 e. The van der Waals surface area contributed by atoms with Crippen molar-refractivity contribution in [3.8, 4) is 0 Å². The van der Waals surface area contributed by atoms with Gasteiger partial charge in [0.05, 0.1) is 6.10 Å². The summed E-state index contributed by atoms with van der Waals surface area (Å²) in [6.07, 6.45) is 14.8. The molecule has 0 spiro atoms. The fourth-order valence-electron chi connectivity index (χ4n) is 1.95. The van der Waals surface area contributed by atoms with Gasteiger partial charge in [-0.05, 0) is 45.3 Å². The lowest BCUT2D eigenvalue weighted by Gasteiger charge is -2.13. The lowest BCUT2D eigenvalue weighted by Crippen LogP contribution is -2.34. The lowest BCUT2D eigenvalue weighted by molar-refractivity contribution is -0.149. The Balaban J connectivity index is 2.22. The Kier molecular flexibility index (Phi) is 8.68. The van der Waals surface area contributed by atoms with E-state index < -0.39 is 6.04 Å². The predicted molar refractivity (Wildman–Crippen MR) is 91.6 cm³/mol. The van der Waals surface area contributed by atoms with Crippen molar-refractivity contribution in [2.45, 2.75) is 45.3 Å². The van der Waals surface area contributed by atoms with Gasteiger partial charge in [0, 0.05) is 12.1 Å². The molecule has 23 heavy (non-hydrogen) atoms. The number of ether oxygens (including phenoxy) is 1. The number of amides is 1. The summed E-state index contributed by atoms with van der Waals surface area (Å²) in [5, 5.41) is 2.86. The molecule has 0 aliphatic heterocycles. The molecule has 0 radical (unpaired) electrons. The van der Waals surface area contributed by atoms with Crippen molar-refractivity contribution < 1.29 is 14.3 Å². The standard InChI is InChI=1S/C18H26N2O3/c1-14(2)23-18(22)16(19)12-8-9-13-20-17(21)15-10-6-4-3-5-7-11-15/h3-7,10-11,14,16H,8-9,12-13,19H2,1-2H3,(H,20,21)/b4-3-,5-3?,6-4?,7-5-,10-6-,11-7?,15-10?,15-11+. The van der Waals surface area contributed by atoms with Crippen LogP contribution in [0.2, 0.25) is 0 Å². The summed E-state index contributed by atoms with van der Waals surface area (Å²) in [7, 11) is 0. The van der Waals surface area contributed by atoms with Crippen molar-refractivity contribution in [3.05, 3.63) is 48.1 Å². The number of carbonyl (C=O) groups excluding carboxylic acids is 2. The van der Waals surface area contributed by atoms with Crippen LogP contribution in [0.15, 0.2) is 48.1 Å². The van der Waals surface area contributed by atoms with Crippen molar-refractivity contribution in [1.82, 2.24) is 5.32 Å².